The van der Waals surface area contributed by atoms with Gasteiger partial charge in [0.25, 0.3) is 5.56 Å². The molecule has 0 radical (unpaired) electrons. The molecule has 0 saturated heterocycles. The topological polar surface area (TPSA) is 72.5 Å². The van der Waals surface area contributed by atoms with E-state index in [4.69, 9.17) is 0 Å². The lowest BCUT2D eigenvalue weighted by atomic mass is 10.1. The van der Waals surface area contributed by atoms with Gasteiger partial charge in [-0.3, -0.25) is 18.6 Å². The largest absolute Gasteiger partial charge is 0.308 e. The van der Waals surface area contributed by atoms with Crippen LogP contribution in [0, 0.1) is 0 Å². The van der Waals surface area contributed by atoms with Gasteiger partial charge in [0.05, 0.1) is 16.2 Å². The molecule has 5 rings (SSSR count). The third-order valence-corrected chi connectivity index (χ3v) is 7.57. The van der Waals surface area contributed by atoms with E-state index >= 15 is 0 Å². The fraction of sp³-hybridized carbons (Fsp3) is 0.385. The molecule has 7 nitrogen and oxygen atoms in total. The van der Waals surface area contributed by atoms with E-state index in [0.29, 0.717) is 22.9 Å². The fourth-order valence-electron chi connectivity index (χ4n) is 4.84. The Morgan fingerprint density at radius 2 is 1.88 bits per heavy atom. The molecule has 1 amide bonds. The van der Waals surface area contributed by atoms with Gasteiger partial charge in [-0.25, -0.2) is 0 Å². The van der Waals surface area contributed by atoms with Crippen molar-refractivity contribution in [2.75, 3.05) is 4.90 Å². The number of thioether (sulfide) groups is 1. The van der Waals surface area contributed by atoms with Gasteiger partial charge in [0, 0.05) is 18.3 Å². The molecular weight excluding hydrogens is 446 g/mol. The number of carbonyl (C=O) groups excluding carboxylic acids is 1. The highest BCUT2D eigenvalue weighted by molar-refractivity contribution is 8.00. The Kier molecular flexibility index (Phi) is 6.16. The van der Waals surface area contributed by atoms with Crippen molar-refractivity contribution in [3.05, 3.63) is 64.4 Å². The standard InChI is InChI=1S/C26H29N5O2S/c1-4-5-10-15-29-24(33)20-12-7-9-14-22(20)31-25(29)27-28-26(31)34-18(3)23(32)30-17(2)16-19-11-6-8-13-21(19)30/h6-9,11-14,17-18H,4-5,10,15-16H2,1-3H3. The number of benzene rings is 2. The molecule has 0 aliphatic carbocycles. The second kappa shape index (κ2) is 9.25. The van der Waals surface area contributed by atoms with E-state index in [9.17, 15) is 9.59 Å². The molecule has 2 aromatic carbocycles. The maximum atomic E-state index is 13.5. The van der Waals surface area contributed by atoms with Crippen molar-refractivity contribution in [3.8, 4) is 0 Å². The molecule has 3 heterocycles. The van der Waals surface area contributed by atoms with Crippen LogP contribution in [0.5, 0.6) is 0 Å². The summed E-state index contributed by atoms with van der Waals surface area (Å²) in [5.74, 6) is 0.585. The number of carbonyl (C=O) groups is 1. The molecule has 0 N–H and O–H groups in total. The first-order valence-corrected chi connectivity index (χ1v) is 12.8. The van der Waals surface area contributed by atoms with E-state index < -0.39 is 0 Å². The molecule has 0 fully saturated rings. The Morgan fingerprint density at radius 1 is 1.12 bits per heavy atom. The van der Waals surface area contributed by atoms with E-state index in [1.165, 1.54) is 17.3 Å². The zero-order valence-corrected chi connectivity index (χ0v) is 20.6. The highest BCUT2D eigenvalue weighted by atomic mass is 32.2. The van der Waals surface area contributed by atoms with E-state index in [1.807, 2.05) is 58.7 Å². The van der Waals surface area contributed by atoms with Crippen molar-refractivity contribution in [2.24, 2.45) is 0 Å². The number of hydrogen-bond acceptors (Lipinski definition) is 5. The van der Waals surface area contributed by atoms with Gasteiger partial charge in [0.2, 0.25) is 11.7 Å². The maximum Gasteiger partial charge on any atom is 0.262 e. The molecule has 2 unspecified atom stereocenters. The number of amides is 1. The Morgan fingerprint density at radius 3 is 2.71 bits per heavy atom. The summed E-state index contributed by atoms with van der Waals surface area (Å²) in [4.78, 5) is 28.7. The first-order valence-electron chi connectivity index (χ1n) is 12.0. The van der Waals surface area contributed by atoms with Crippen LogP contribution in [-0.2, 0) is 17.8 Å². The Hall–Kier alpha value is -3.13. The minimum atomic E-state index is -0.361. The molecule has 4 aromatic rings. The minimum absolute atomic E-state index is 0.0465. The van der Waals surface area contributed by atoms with E-state index in [2.05, 4.69) is 30.1 Å². The van der Waals surface area contributed by atoms with E-state index in [0.717, 1.165) is 36.9 Å². The summed E-state index contributed by atoms with van der Waals surface area (Å²) < 4.78 is 3.65. The van der Waals surface area contributed by atoms with Crippen molar-refractivity contribution >= 4 is 40.0 Å². The number of nitrogens with zero attached hydrogens (tertiary/aromatic N) is 5. The van der Waals surface area contributed by atoms with Crippen LogP contribution < -0.4 is 10.5 Å². The van der Waals surface area contributed by atoms with Crippen LogP contribution in [0.3, 0.4) is 0 Å². The van der Waals surface area contributed by atoms with Crippen LogP contribution in [0.2, 0.25) is 0 Å². The summed E-state index contributed by atoms with van der Waals surface area (Å²) >= 11 is 1.39. The van der Waals surface area contributed by atoms with Gasteiger partial charge < -0.3 is 4.90 Å². The highest BCUT2D eigenvalue weighted by Gasteiger charge is 2.34. The number of aromatic nitrogens is 4. The SMILES string of the molecule is CCCCCn1c(=O)c2ccccc2n2c(SC(C)C(=O)N3c4ccccc4CC3C)nnc12. The first-order chi connectivity index (χ1) is 16.5. The van der Waals surface area contributed by atoms with E-state index in [-0.39, 0.29) is 22.8 Å². The molecule has 8 heteroatoms. The zero-order valence-electron chi connectivity index (χ0n) is 19.8. The number of rotatable bonds is 7. The van der Waals surface area contributed by atoms with Crippen LogP contribution in [0.25, 0.3) is 16.7 Å². The first kappa shape index (κ1) is 22.7. The fourth-order valence-corrected chi connectivity index (χ4v) is 5.74. The maximum absolute atomic E-state index is 13.5. The predicted octanol–water partition coefficient (Wildman–Crippen LogP) is 4.69. The molecule has 0 bridgehead atoms. The zero-order chi connectivity index (χ0) is 23.8. The average Bonchev–Trinajstić information content (AvgIpc) is 3.41. The van der Waals surface area contributed by atoms with Crippen LogP contribution >= 0.6 is 11.8 Å². The van der Waals surface area contributed by atoms with Crippen molar-refractivity contribution in [2.45, 2.75) is 69.4 Å². The molecule has 2 aromatic heterocycles. The third kappa shape index (κ3) is 3.79. The van der Waals surface area contributed by atoms with Gasteiger partial charge >= 0.3 is 0 Å². The van der Waals surface area contributed by atoms with Crippen molar-refractivity contribution in [1.82, 2.24) is 19.2 Å². The van der Waals surface area contributed by atoms with Gasteiger partial charge in [-0.2, -0.15) is 0 Å². The second-order valence-corrected chi connectivity index (χ2v) is 10.3. The monoisotopic (exact) mass is 475 g/mol. The average molecular weight is 476 g/mol. The number of hydrogen-bond donors (Lipinski definition) is 0. The normalized spacial score (nSPS) is 16.3. The van der Waals surface area contributed by atoms with Gasteiger partial charge in [-0.05, 0) is 50.5 Å². The highest BCUT2D eigenvalue weighted by Crippen LogP contribution is 2.35. The number of fused-ring (bicyclic) bond motifs is 4. The molecule has 1 aliphatic rings. The summed E-state index contributed by atoms with van der Waals surface area (Å²) in [6, 6.07) is 15.8. The molecule has 176 valence electrons. The van der Waals surface area contributed by atoms with E-state index in [1.54, 1.807) is 4.57 Å². The van der Waals surface area contributed by atoms with Crippen molar-refractivity contribution in [3.63, 3.8) is 0 Å². The quantitative estimate of drug-likeness (QED) is 0.286. The van der Waals surface area contributed by atoms with Crippen LogP contribution in [0.15, 0.2) is 58.5 Å². The molecule has 0 saturated carbocycles. The number of aryl methyl sites for hydroxylation is 1. The van der Waals surface area contributed by atoms with Crippen LogP contribution in [-0.4, -0.2) is 36.4 Å². The van der Waals surface area contributed by atoms with Gasteiger partial charge in [-0.1, -0.05) is 61.9 Å². The van der Waals surface area contributed by atoms with Gasteiger partial charge in [-0.15, -0.1) is 10.2 Å². The molecule has 1 aliphatic heterocycles. The lowest BCUT2D eigenvalue weighted by molar-refractivity contribution is -0.118. The van der Waals surface area contributed by atoms with Crippen LogP contribution in [0.4, 0.5) is 5.69 Å². The summed E-state index contributed by atoms with van der Waals surface area (Å²) in [5, 5.41) is 9.73. The van der Waals surface area contributed by atoms with Crippen molar-refractivity contribution < 1.29 is 4.79 Å². The Bertz CT molecular complexity index is 1430. The minimum Gasteiger partial charge on any atom is -0.308 e. The Labute approximate surface area is 202 Å². The molecule has 0 spiro atoms. The second-order valence-electron chi connectivity index (χ2n) is 8.95. The molecule has 2 atom stereocenters. The van der Waals surface area contributed by atoms with Crippen molar-refractivity contribution in [1.29, 1.82) is 0 Å². The van der Waals surface area contributed by atoms with Gasteiger partial charge in [0.15, 0.2) is 5.16 Å². The lowest BCUT2D eigenvalue weighted by Crippen LogP contribution is -2.40. The molecular formula is C26H29N5O2S. The predicted molar refractivity (Wildman–Crippen MR) is 137 cm³/mol. The van der Waals surface area contributed by atoms with Gasteiger partial charge in [0.1, 0.15) is 0 Å². The number of anilines is 1. The summed E-state index contributed by atoms with van der Waals surface area (Å²) in [5.41, 5.74) is 2.92. The number of unbranched alkanes of at least 4 members (excludes halogenated alkanes) is 2. The third-order valence-electron chi connectivity index (χ3n) is 6.54. The lowest BCUT2D eigenvalue weighted by Gasteiger charge is -2.25. The molecule has 34 heavy (non-hydrogen) atoms. The van der Waals surface area contributed by atoms with Crippen LogP contribution in [0.1, 0.15) is 45.6 Å². The summed E-state index contributed by atoms with van der Waals surface area (Å²) in [7, 11) is 0. The number of para-hydroxylation sites is 2. The smallest absolute Gasteiger partial charge is 0.262 e. The Balaban J connectivity index is 1.52. The summed E-state index contributed by atoms with van der Waals surface area (Å²) in [6.45, 7) is 6.74. The summed E-state index contributed by atoms with van der Waals surface area (Å²) in [6.07, 6.45) is 3.88.